The van der Waals surface area contributed by atoms with Crippen molar-refractivity contribution in [2.75, 3.05) is 0 Å². The summed E-state index contributed by atoms with van der Waals surface area (Å²) < 4.78 is 7.33. The quantitative estimate of drug-likeness (QED) is 0.149. The summed E-state index contributed by atoms with van der Waals surface area (Å²) in [6, 6.07) is 32.2. The molecule has 12 heteroatoms. The van der Waals surface area contributed by atoms with Crippen LogP contribution in [0.25, 0.3) is 23.3 Å². The predicted molar refractivity (Wildman–Crippen MR) is 239 cm³/mol. The van der Waals surface area contributed by atoms with Gasteiger partial charge in [0.1, 0.15) is 5.41 Å². The summed E-state index contributed by atoms with van der Waals surface area (Å²) in [5.74, 6) is 2.58. The molecule has 12 nitrogen and oxygen atoms in total. The van der Waals surface area contributed by atoms with Crippen LogP contribution >= 0.6 is 0 Å². The molecule has 0 atom stereocenters. The Morgan fingerprint density at radius 3 is 0.672 bits per heavy atom. The fourth-order valence-corrected chi connectivity index (χ4v) is 7.23. The first-order valence-corrected chi connectivity index (χ1v) is 20.9. The number of rotatable bonds is 8. The zero-order chi connectivity index (χ0) is 43.5. The molecule has 8 rings (SSSR count). The molecule has 8 heterocycles. The van der Waals surface area contributed by atoms with Crippen molar-refractivity contribution in [1.82, 2.24) is 59.1 Å². The Bertz CT molecular complexity index is 2430. The zero-order valence-corrected chi connectivity index (χ0v) is 37.4. The first-order valence-electron chi connectivity index (χ1n) is 20.9. The van der Waals surface area contributed by atoms with Crippen molar-refractivity contribution in [3.05, 3.63) is 167 Å². The minimum atomic E-state index is -1.29. The highest BCUT2D eigenvalue weighted by atomic mass is 15.3. The van der Waals surface area contributed by atoms with E-state index in [4.69, 9.17) is 40.3 Å². The van der Waals surface area contributed by atoms with E-state index in [1.165, 1.54) is 0 Å². The van der Waals surface area contributed by atoms with E-state index >= 15 is 0 Å². The Hall–Kier alpha value is -6.56. The summed E-state index contributed by atoms with van der Waals surface area (Å²) in [6.07, 6.45) is 7.85. The second-order valence-corrected chi connectivity index (χ2v) is 19.9. The molecule has 312 valence electrons. The summed E-state index contributed by atoms with van der Waals surface area (Å²) >= 11 is 0. The van der Waals surface area contributed by atoms with Crippen molar-refractivity contribution in [3.8, 4) is 23.3 Å². The van der Waals surface area contributed by atoms with E-state index in [0.717, 1.165) is 22.8 Å². The maximum absolute atomic E-state index is 5.47. The number of aromatic nitrogens is 12. The Morgan fingerprint density at radius 2 is 0.492 bits per heavy atom. The smallest absolute Gasteiger partial charge is 0.153 e. The van der Waals surface area contributed by atoms with E-state index in [-0.39, 0.29) is 21.7 Å². The van der Waals surface area contributed by atoms with E-state index in [1.807, 2.05) is 141 Å². The summed E-state index contributed by atoms with van der Waals surface area (Å²) in [7, 11) is 0. The van der Waals surface area contributed by atoms with Gasteiger partial charge in [0.25, 0.3) is 0 Å². The lowest BCUT2D eigenvalue weighted by Crippen LogP contribution is -2.36. The van der Waals surface area contributed by atoms with Gasteiger partial charge >= 0.3 is 0 Å². The van der Waals surface area contributed by atoms with Crippen LogP contribution in [0.1, 0.15) is 129 Å². The monoisotopic (exact) mass is 812 g/mol. The summed E-state index contributed by atoms with van der Waals surface area (Å²) in [5, 5.41) is 20.0. The molecule has 0 aliphatic heterocycles. The van der Waals surface area contributed by atoms with Gasteiger partial charge in [0.2, 0.25) is 0 Å². The number of nitrogens with zero attached hydrogens (tertiary/aromatic N) is 12. The molecule has 0 saturated carbocycles. The lowest BCUT2D eigenvalue weighted by atomic mass is 9.73. The van der Waals surface area contributed by atoms with Crippen LogP contribution in [-0.2, 0) is 27.1 Å². The van der Waals surface area contributed by atoms with Gasteiger partial charge in [-0.25, -0.2) is 38.7 Å². The summed E-state index contributed by atoms with van der Waals surface area (Å²) in [6.45, 7) is 25.9. The third-order valence-corrected chi connectivity index (χ3v) is 10.8. The van der Waals surface area contributed by atoms with Gasteiger partial charge in [0, 0.05) is 46.4 Å². The molecule has 0 N–H and O–H groups in total. The Balaban J connectivity index is 1.44. The minimum Gasteiger partial charge on any atom is -0.232 e. The van der Waals surface area contributed by atoms with Gasteiger partial charge in [-0.2, -0.15) is 20.4 Å². The summed E-state index contributed by atoms with van der Waals surface area (Å²) in [5.41, 5.74) is 4.55. The lowest BCUT2D eigenvalue weighted by molar-refractivity contribution is 0.557. The molecule has 0 aromatic carbocycles. The van der Waals surface area contributed by atoms with Crippen LogP contribution < -0.4 is 0 Å². The third kappa shape index (κ3) is 7.94. The number of pyridine rings is 4. The van der Waals surface area contributed by atoms with Crippen molar-refractivity contribution in [2.45, 2.75) is 110 Å². The van der Waals surface area contributed by atoms with Crippen molar-refractivity contribution in [1.29, 1.82) is 0 Å². The standard InChI is InChI=1S/C49H56N12/c1-45(2,3)33-25-29-58(54-33)41-21-13-17-37(50-41)49(38-18-14-22-42(51-38)59-30-26-34(55-59)46(4,5)6,39-19-15-23-43(52-39)60-31-27-35(56-60)47(7,8)9)40-20-16-24-44(53-40)61-32-28-36(57-61)48(10,11)12/h13-32H,1-12H3. The van der Waals surface area contributed by atoms with Crippen LogP contribution in [0.4, 0.5) is 0 Å². The van der Waals surface area contributed by atoms with Gasteiger partial charge in [-0.3, -0.25) is 0 Å². The second kappa shape index (κ2) is 14.9. The van der Waals surface area contributed by atoms with Gasteiger partial charge in [-0.1, -0.05) is 107 Å². The molecule has 0 unspecified atom stereocenters. The molecular weight excluding hydrogens is 757 g/mol. The van der Waals surface area contributed by atoms with E-state index in [0.29, 0.717) is 46.0 Å². The maximum atomic E-state index is 5.47. The molecular formula is C49H56N12. The fourth-order valence-electron chi connectivity index (χ4n) is 7.23. The van der Waals surface area contributed by atoms with E-state index in [1.54, 1.807) is 0 Å². The molecule has 0 aliphatic carbocycles. The lowest BCUT2D eigenvalue weighted by Gasteiger charge is -2.33. The molecule has 0 saturated heterocycles. The molecule has 8 aromatic heterocycles. The highest BCUT2D eigenvalue weighted by molar-refractivity contribution is 5.55. The molecule has 0 aliphatic rings. The van der Waals surface area contributed by atoms with Gasteiger partial charge in [0.15, 0.2) is 23.3 Å². The molecule has 0 radical (unpaired) electrons. The average Bonchev–Trinajstić information content (AvgIpc) is 4.05. The number of hydrogen-bond acceptors (Lipinski definition) is 8. The molecule has 0 bridgehead atoms. The zero-order valence-electron chi connectivity index (χ0n) is 37.4. The Kier molecular flexibility index (Phi) is 10.0. The molecule has 0 amide bonds. The minimum absolute atomic E-state index is 0.149. The normalized spacial score (nSPS) is 12.9. The first-order chi connectivity index (χ1) is 28.7. The van der Waals surface area contributed by atoms with E-state index < -0.39 is 5.41 Å². The SMILES string of the molecule is CC(C)(C)c1ccn(-c2cccc(C(c3cccc(-n4ccc(C(C)(C)C)n4)n3)(c3cccc(-n4ccc(C(C)(C)C)n4)n3)c3cccc(-n4ccc(C(C)(C)C)n4)n3)n2)n1. The van der Waals surface area contributed by atoms with E-state index in [2.05, 4.69) is 83.1 Å². The van der Waals surface area contributed by atoms with Crippen molar-refractivity contribution in [2.24, 2.45) is 0 Å². The van der Waals surface area contributed by atoms with Crippen molar-refractivity contribution >= 4 is 0 Å². The van der Waals surface area contributed by atoms with E-state index in [9.17, 15) is 0 Å². The van der Waals surface area contributed by atoms with Crippen LogP contribution in [0.3, 0.4) is 0 Å². The van der Waals surface area contributed by atoms with Gasteiger partial charge in [-0.05, 0) is 72.8 Å². The third-order valence-electron chi connectivity index (χ3n) is 10.8. The van der Waals surface area contributed by atoms with Crippen LogP contribution in [0, 0.1) is 0 Å². The highest BCUT2D eigenvalue weighted by Gasteiger charge is 2.45. The first kappa shape index (κ1) is 41.2. The van der Waals surface area contributed by atoms with Crippen LogP contribution in [-0.4, -0.2) is 59.1 Å². The maximum Gasteiger partial charge on any atom is 0.153 e. The van der Waals surface area contributed by atoms with Crippen LogP contribution in [0.5, 0.6) is 0 Å². The second-order valence-electron chi connectivity index (χ2n) is 19.9. The largest absolute Gasteiger partial charge is 0.232 e. The van der Waals surface area contributed by atoms with Crippen molar-refractivity contribution < 1.29 is 0 Å². The van der Waals surface area contributed by atoms with Crippen LogP contribution in [0.2, 0.25) is 0 Å². The fraction of sp³-hybridized carbons (Fsp3) is 0.347. The average molecular weight is 813 g/mol. The Morgan fingerprint density at radius 1 is 0.279 bits per heavy atom. The molecule has 61 heavy (non-hydrogen) atoms. The predicted octanol–water partition coefficient (Wildman–Crippen LogP) is 9.58. The van der Waals surface area contributed by atoms with Gasteiger partial charge in [0.05, 0.1) is 45.6 Å². The molecule has 0 spiro atoms. The van der Waals surface area contributed by atoms with Crippen molar-refractivity contribution in [3.63, 3.8) is 0 Å². The van der Waals surface area contributed by atoms with Gasteiger partial charge in [-0.15, -0.1) is 0 Å². The topological polar surface area (TPSA) is 123 Å². The van der Waals surface area contributed by atoms with Crippen LogP contribution in [0.15, 0.2) is 122 Å². The molecule has 0 fully saturated rings. The van der Waals surface area contributed by atoms with Gasteiger partial charge < -0.3 is 0 Å². The Labute approximate surface area is 358 Å². The highest BCUT2D eigenvalue weighted by Crippen LogP contribution is 2.43. The molecule has 8 aromatic rings. The summed E-state index contributed by atoms with van der Waals surface area (Å²) in [4.78, 5) is 21.9. The number of hydrogen-bond donors (Lipinski definition) is 0.